The highest BCUT2D eigenvalue weighted by molar-refractivity contribution is 5.13. The zero-order chi connectivity index (χ0) is 14.9. The van der Waals surface area contributed by atoms with Gasteiger partial charge in [0.05, 0.1) is 12.3 Å². The van der Waals surface area contributed by atoms with Crippen LogP contribution in [-0.2, 0) is 10.2 Å². The van der Waals surface area contributed by atoms with E-state index in [4.69, 9.17) is 4.74 Å². The Bertz CT molecular complexity index is 517. The molecule has 2 heterocycles. The lowest BCUT2D eigenvalue weighted by molar-refractivity contribution is -0.0445. The van der Waals surface area contributed by atoms with Gasteiger partial charge < -0.3 is 9.72 Å². The Labute approximate surface area is 120 Å². The van der Waals surface area contributed by atoms with Crippen molar-refractivity contribution in [3.8, 4) is 0 Å². The van der Waals surface area contributed by atoms with Gasteiger partial charge >= 0.3 is 0 Å². The third-order valence-corrected chi connectivity index (χ3v) is 3.66. The molecule has 1 aliphatic heterocycles. The number of aromatic nitrogens is 2. The van der Waals surface area contributed by atoms with E-state index in [9.17, 15) is 4.79 Å². The first kappa shape index (κ1) is 15.2. The quantitative estimate of drug-likeness (QED) is 0.897. The minimum absolute atomic E-state index is 0.106. The lowest BCUT2D eigenvalue weighted by Crippen LogP contribution is -2.43. The number of morpholine rings is 1. The minimum atomic E-state index is -0.152. The summed E-state index contributed by atoms with van der Waals surface area (Å²) in [5, 5.41) is 0. The van der Waals surface area contributed by atoms with Gasteiger partial charge in [-0.25, -0.2) is 4.98 Å². The third kappa shape index (κ3) is 3.46. The second kappa shape index (κ2) is 5.66. The zero-order valence-electron chi connectivity index (χ0n) is 13.1. The van der Waals surface area contributed by atoms with E-state index in [-0.39, 0.29) is 17.1 Å². The maximum Gasteiger partial charge on any atom is 0.251 e. The van der Waals surface area contributed by atoms with E-state index in [1.165, 1.54) is 0 Å². The highest BCUT2D eigenvalue weighted by atomic mass is 16.5. The van der Waals surface area contributed by atoms with Crippen LogP contribution in [0.15, 0.2) is 10.9 Å². The van der Waals surface area contributed by atoms with E-state index >= 15 is 0 Å². The smallest absolute Gasteiger partial charge is 0.251 e. The summed E-state index contributed by atoms with van der Waals surface area (Å²) in [6.07, 6.45) is -0.152. The molecule has 0 radical (unpaired) electrons. The van der Waals surface area contributed by atoms with Crippen LogP contribution in [0.25, 0.3) is 0 Å². The lowest BCUT2D eigenvalue weighted by atomic mass is 9.92. The van der Waals surface area contributed by atoms with Gasteiger partial charge in [-0.1, -0.05) is 20.8 Å². The molecule has 20 heavy (non-hydrogen) atoms. The first-order chi connectivity index (χ1) is 9.27. The number of hydrogen-bond donors (Lipinski definition) is 1. The Morgan fingerprint density at radius 1 is 1.45 bits per heavy atom. The number of ether oxygens (including phenoxy) is 1. The Morgan fingerprint density at radius 2 is 2.15 bits per heavy atom. The van der Waals surface area contributed by atoms with Crippen LogP contribution in [0.2, 0.25) is 0 Å². The predicted octanol–water partition coefficient (Wildman–Crippen LogP) is 1.85. The van der Waals surface area contributed by atoms with Crippen LogP contribution in [0, 0.1) is 0 Å². The molecule has 112 valence electrons. The first-order valence-electron chi connectivity index (χ1n) is 7.25. The van der Waals surface area contributed by atoms with E-state index in [1.807, 2.05) is 0 Å². The molecule has 1 fully saturated rings. The zero-order valence-corrected chi connectivity index (χ0v) is 13.1. The predicted molar refractivity (Wildman–Crippen MR) is 79.0 cm³/mol. The molecule has 1 aromatic heterocycles. The molecule has 2 rings (SSSR count). The van der Waals surface area contributed by atoms with E-state index in [0.717, 1.165) is 18.8 Å². The lowest BCUT2D eigenvalue weighted by Gasteiger charge is -2.35. The van der Waals surface area contributed by atoms with Crippen molar-refractivity contribution in [1.82, 2.24) is 14.9 Å². The fourth-order valence-electron chi connectivity index (χ4n) is 2.32. The van der Waals surface area contributed by atoms with Gasteiger partial charge in [-0.05, 0) is 13.8 Å². The molecule has 0 aromatic carbocycles. The van der Waals surface area contributed by atoms with Crippen molar-refractivity contribution >= 4 is 0 Å². The minimum Gasteiger partial charge on any atom is -0.368 e. The molecule has 0 bridgehead atoms. The molecule has 5 nitrogen and oxygen atoms in total. The molecule has 0 aliphatic carbocycles. The average molecular weight is 279 g/mol. The van der Waals surface area contributed by atoms with Crippen LogP contribution >= 0.6 is 0 Å². The van der Waals surface area contributed by atoms with Crippen molar-refractivity contribution in [1.29, 1.82) is 0 Å². The second-order valence-electron chi connectivity index (χ2n) is 6.71. The molecule has 5 heteroatoms. The van der Waals surface area contributed by atoms with Gasteiger partial charge in [0.1, 0.15) is 11.9 Å². The molecule has 1 atom stereocenters. The number of aromatic amines is 1. The summed E-state index contributed by atoms with van der Waals surface area (Å²) in [7, 11) is 0. The third-order valence-electron chi connectivity index (χ3n) is 3.66. The Hall–Kier alpha value is -1.20. The molecule has 1 N–H and O–H groups in total. The normalized spacial score (nSPS) is 21.4. The van der Waals surface area contributed by atoms with Gasteiger partial charge in [-0.2, -0.15) is 0 Å². The van der Waals surface area contributed by atoms with Crippen LogP contribution in [0.4, 0.5) is 0 Å². The van der Waals surface area contributed by atoms with Crippen molar-refractivity contribution < 1.29 is 4.74 Å². The van der Waals surface area contributed by atoms with E-state index in [1.54, 1.807) is 6.07 Å². The molecular formula is C15H25N3O2. The van der Waals surface area contributed by atoms with Gasteiger partial charge in [-0.15, -0.1) is 0 Å². The van der Waals surface area contributed by atoms with E-state index in [0.29, 0.717) is 18.5 Å². The molecule has 0 amide bonds. The van der Waals surface area contributed by atoms with Gasteiger partial charge in [0, 0.05) is 30.6 Å². The van der Waals surface area contributed by atoms with Crippen LogP contribution in [-0.4, -0.2) is 40.6 Å². The van der Waals surface area contributed by atoms with E-state index < -0.39 is 0 Å². The Balaban J connectivity index is 2.28. The highest BCUT2D eigenvalue weighted by Crippen LogP contribution is 2.23. The fourth-order valence-corrected chi connectivity index (χ4v) is 2.32. The van der Waals surface area contributed by atoms with Crippen molar-refractivity contribution in [2.75, 3.05) is 19.7 Å². The summed E-state index contributed by atoms with van der Waals surface area (Å²) in [6.45, 7) is 12.9. The first-order valence-corrected chi connectivity index (χ1v) is 7.25. The molecule has 0 spiro atoms. The number of hydrogen-bond acceptors (Lipinski definition) is 4. The van der Waals surface area contributed by atoms with Crippen molar-refractivity contribution in [3.63, 3.8) is 0 Å². The standard InChI is InChI=1S/C15H25N3O2/c1-10(2)18-6-7-20-11(9-18)14-16-12(15(3,4)5)8-13(19)17-14/h8,10-11H,6-7,9H2,1-5H3,(H,16,17,19). The second-order valence-corrected chi connectivity index (χ2v) is 6.71. The summed E-state index contributed by atoms with van der Waals surface area (Å²) >= 11 is 0. The largest absolute Gasteiger partial charge is 0.368 e. The van der Waals surface area contributed by atoms with Crippen LogP contribution in [0.5, 0.6) is 0 Å². The fraction of sp³-hybridized carbons (Fsp3) is 0.733. The van der Waals surface area contributed by atoms with Crippen molar-refractivity contribution in [3.05, 3.63) is 27.9 Å². The summed E-state index contributed by atoms with van der Waals surface area (Å²) in [5.41, 5.74) is 0.557. The van der Waals surface area contributed by atoms with Crippen LogP contribution in [0.1, 0.15) is 52.2 Å². The SMILES string of the molecule is CC(C)N1CCOC(c2nc(C(C)(C)C)cc(=O)[nH]2)C1. The van der Waals surface area contributed by atoms with Crippen LogP contribution in [0.3, 0.4) is 0 Å². The number of rotatable bonds is 2. The number of nitrogens with zero attached hydrogens (tertiary/aromatic N) is 2. The van der Waals surface area contributed by atoms with Gasteiger partial charge in [0.2, 0.25) is 0 Å². The summed E-state index contributed by atoms with van der Waals surface area (Å²) in [6, 6.07) is 2.05. The van der Waals surface area contributed by atoms with Crippen molar-refractivity contribution in [2.45, 2.75) is 52.2 Å². The molecule has 1 aromatic rings. The maximum atomic E-state index is 11.9. The summed E-state index contributed by atoms with van der Waals surface area (Å²) in [4.78, 5) is 21.6. The van der Waals surface area contributed by atoms with E-state index in [2.05, 4.69) is 49.5 Å². The van der Waals surface area contributed by atoms with Crippen LogP contribution < -0.4 is 5.56 Å². The Kier molecular flexibility index (Phi) is 4.30. The highest BCUT2D eigenvalue weighted by Gasteiger charge is 2.27. The molecule has 1 saturated heterocycles. The summed E-state index contributed by atoms with van der Waals surface area (Å²) in [5.74, 6) is 0.646. The summed E-state index contributed by atoms with van der Waals surface area (Å²) < 4.78 is 5.79. The van der Waals surface area contributed by atoms with Gasteiger partial charge in [0.25, 0.3) is 5.56 Å². The average Bonchev–Trinajstić information content (AvgIpc) is 2.37. The maximum absolute atomic E-state index is 11.9. The number of nitrogens with one attached hydrogen (secondary N) is 1. The van der Waals surface area contributed by atoms with Gasteiger partial charge in [0.15, 0.2) is 0 Å². The molecule has 0 saturated carbocycles. The monoisotopic (exact) mass is 279 g/mol. The molecular weight excluding hydrogens is 254 g/mol. The van der Waals surface area contributed by atoms with Gasteiger partial charge in [-0.3, -0.25) is 9.69 Å². The van der Waals surface area contributed by atoms with Crippen molar-refractivity contribution in [2.24, 2.45) is 0 Å². The molecule has 1 unspecified atom stereocenters. The number of H-pyrrole nitrogens is 1. The molecule has 1 aliphatic rings. The Morgan fingerprint density at radius 3 is 2.75 bits per heavy atom. The topological polar surface area (TPSA) is 58.2 Å².